The lowest BCUT2D eigenvalue weighted by atomic mass is 10.3. The van der Waals surface area contributed by atoms with Crippen LogP contribution < -0.4 is 9.79 Å². The van der Waals surface area contributed by atoms with Gasteiger partial charge in [0.15, 0.2) is 0 Å². The summed E-state index contributed by atoms with van der Waals surface area (Å²) >= 11 is 0. The van der Waals surface area contributed by atoms with Crippen molar-refractivity contribution in [2.24, 2.45) is 0 Å². The van der Waals surface area contributed by atoms with Crippen molar-refractivity contribution in [2.75, 3.05) is 6.54 Å². The van der Waals surface area contributed by atoms with Crippen LogP contribution in [0.4, 0.5) is 0 Å². The normalized spacial score (nSPS) is 13.9. The van der Waals surface area contributed by atoms with Gasteiger partial charge in [0, 0.05) is 13.5 Å². The third kappa shape index (κ3) is 5.00. The minimum absolute atomic E-state index is 0.118. The molecule has 78 valence electrons. The molecule has 0 radical (unpaired) electrons. The Balaban J connectivity index is 3.91. The molecule has 13 heavy (non-hydrogen) atoms. The number of hydroxylamine groups is 2. The molecule has 0 aliphatic carbocycles. The predicted octanol–water partition coefficient (Wildman–Crippen LogP) is -0.975. The Morgan fingerprint density at radius 1 is 1.54 bits per heavy atom. The van der Waals surface area contributed by atoms with E-state index in [-0.39, 0.29) is 18.0 Å². The van der Waals surface area contributed by atoms with Crippen molar-refractivity contribution in [2.45, 2.75) is 25.9 Å². The summed E-state index contributed by atoms with van der Waals surface area (Å²) in [5, 5.41) is 10.8. The van der Waals surface area contributed by atoms with Gasteiger partial charge in [-0.25, -0.2) is 0 Å². The van der Waals surface area contributed by atoms with Crippen LogP contribution in [0.1, 0.15) is 20.3 Å². The number of rotatable bonds is 4. The summed E-state index contributed by atoms with van der Waals surface area (Å²) in [7, 11) is -4.62. The second-order valence-electron chi connectivity index (χ2n) is 2.80. The molecule has 0 aliphatic rings. The van der Waals surface area contributed by atoms with Gasteiger partial charge in [0.25, 0.3) is 0 Å². The lowest BCUT2D eigenvalue weighted by Crippen LogP contribution is -2.29. The summed E-state index contributed by atoms with van der Waals surface area (Å²) in [4.78, 5) is 31.2. The van der Waals surface area contributed by atoms with E-state index in [1.165, 1.54) is 6.92 Å². The molecule has 0 heterocycles. The van der Waals surface area contributed by atoms with Crippen LogP contribution in [0.2, 0.25) is 0 Å². The topological polar surface area (TPSA) is 107 Å². The summed E-state index contributed by atoms with van der Waals surface area (Å²) in [6.07, 6.45) is -0.118. The highest BCUT2D eigenvalue weighted by Gasteiger charge is 2.06. The van der Waals surface area contributed by atoms with Gasteiger partial charge in [-0.05, 0) is 12.1 Å². The lowest BCUT2D eigenvalue weighted by molar-refractivity contribution is -0.316. The molecule has 6 nitrogen and oxygen atoms in total. The number of hydrogen-bond acceptors (Lipinski definition) is 5. The summed E-state index contributed by atoms with van der Waals surface area (Å²) in [5.74, 6) is -0.696. The number of carbonyl (C=O) groups is 1. The maximum atomic E-state index is 10.6. The van der Waals surface area contributed by atoms with Crippen LogP contribution in [0.15, 0.2) is 0 Å². The van der Waals surface area contributed by atoms with Crippen molar-refractivity contribution < 1.29 is 19.1 Å². The maximum Gasteiger partial charge on any atom is 0.208 e. The number of amides is 1. The Labute approximate surface area is 76.3 Å². The zero-order valence-corrected chi connectivity index (χ0v) is 8.32. The van der Waals surface area contributed by atoms with Crippen LogP contribution in [0, 0.1) is 5.21 Å². The second-order valence-corrected chi connectivity index (χ2v) is 4.76. The predicted molar refractivity (Wildman–Crippen MR) is 42.4 cm³/mol. The van der Waals surface area contributed by atoms with Crippen LogP contribution in [0.3, 0.4) is 0 Å². The average molecular weight is 208 g/mol. The van der Waals surface area contributed by atoms with Crippen molar-refractivity contribution in [3.8, 4) is 0 Å². The molecule has 0 fully saturated rings. The molecule has 1 unspecified atom stereocenters. The third-order valence-electron chi connectivity index (χ3n) is 1.64. The van der Waals surface area contributed by atoms with Crippen molar-refractivity contribution in [1.29, 1.82) is 0 Å². The smallest absolute Gasteiger partial charge is 0.208 e. The fourth-order valence-corrected chi connectivity index (χ4v) is 1.05. The lowest BCUT2D eigenvalue weighted by Gasteiger charge is -2.38. The monoisotopic (exact) mass is 208 g/mol. The van der Waals surface area contributed by atoms with Crippen molar-refractivity contribution in [3.63, 3.8) is 0 Å². The fraction of sp³-hybridized carbons (Fsp3) is 0.833. The zero-order valence-electron chi connectivity index (χ0n) is 7.43. The molecule has 0 saturated carbocycles. The Bertz CT molecular complexity index is 225. The molecule has 0 saturated heterocycles. The van der Waals surface area contributed by atoms with Crippen LogP contribution in [-0.4, -0.2) is 23.2 Å². The van der Waals surface area contributed by atoms with Gasteiger partial charge in [-0.3, -0.25) is 4.79 Å². The van der Waals surface area contributed by atoms with Crippen molar-refractivity contribution in [1.82, 2.24) is 5.06 Å². The number of nitrogens with zero attached hydrogens (tertiary/aromatic N) is 1. The Morgan fingerprint density at radius 2 is 2.00 bits per heavy atom. The van der Waals surface area contributed by atoms with Crippen molar-refractivity contribution >= 4 is 13.5 Å². The Kier molecular flexibility index (Phi) is 4.56. The van der Waals surface area contributed by atoms with E-state index in [0.29, 0.717) is 0 Å². The molecule has 0 N–H and O–H groups in total. The van der Waals surface area contributed by atoms with Gasteiger partial charge in [-0.1, -0.05) is 14.5 Å². The van der Waals surface area contributed by atoms with E-state index in [0.717, 1.165) is 6.92 Å². The van der Waals surface area contributed by atoms with E-state index in [1.807, 2.05) is 0 Å². The highest BCUT2D eigenvalue weighted by molar-refractivity contribution is 7.49. The highest BCUT2D eigenvalue weighted by atomic mass is 31.2. The first kappa shape index (κ1) is 12.6. The molecule has 1 amide bonds. The first-order valence-corrected chi connectivity index (χ1v) is 5.33. The number of hydrogen-bond donors (Lipinski definition) is 0. The van der Waals surface area contributed by atoms with E-state index < -0.39 is 19.2 Å². The molecule has 0 aliphatic heterocycles. The number of carbonyl (C=O) groups excluding carboxylic acids is 1. The van der Waals surface area contributed by atoms with Gasteiger partial charge in [0.1, 0.15) is 0 Å². The summed E-state index contributed by atoms with van der Waals surface area (Å²) < 4.78 is 10.4. The fourth-order valence-electron chi connectivity index (χ4n) is 0.620. The first-order valence-electron chi connectivity index (χ1n) is 3.72. The van der Waals surface area contributed by atoms with Crippen LogP contribution >= 0.6 is 7.60 Å². The van der Waals surface area contributed by atoms with E-state index in [9.17, 15) is 24.4 Å². The zero-order chi connectivity index (χ0) is 10.6. The quantitative estimate of drug-likeness (QED) is 0.436. The maximum absolute atomic E-state index is 10.6. The van der Waals surface area contributed by atoms with Gasteiger partial charge >= 0.3 is 0 Å². The average Bonchev–Trinajstić information content (AvgIpc) is 1.97. The van der Waals surface area contributed by atoms with E-state index in [2.05, 4.69) is 0 Å². The minimum Gasteiger partial charge on any atom is -0.811 e. The van der Waals surface area contributed by atoms with Crippen LogP contribution in [0.25, 0.3) is 0 Å². The highest BCUT2D eigenvalue weighted by Crippen LogP contribution is 2.32. The standard InChI is InChI=1S/C6H13NO5P/c1-5(13(10,11)12)3-4-7(9)6(2)8/h5H,3-4H2,1-2H3,(H2,10,11,12)/q-1/p-2. The SMILES string of the molecule is CC(=O)N([O-])CCC(C)P(=O)([O-])[O-]. The summed E-state index contributed by atoms with van der Waals surface area (Å²) in [5.41, 5.74) is -1.11. The van der Waals surface area contributed by atoms with E-state index in [4.69, 9.17) is 0 Å². The second kappa shape index (κ2) is 4.72. The molecular weight excluding hydrogens is 197 g/mol. The Hall–Kier alpha value is -0.420. The van der Waals surface area contributed by atoms with Gasteiger partial charge in [0.2, 0.25) is 5.91 Å². The third-order valence-corrected chi connectivity index (χ3v) is 2.98. The molecule has 0 aromatic rings. The van der Waals surface area contributed by atoms with Gasteiger partial charge in [-0.2, -0.15) is 0 Å². The molecule has 0 bridgehead atoms. The molecular formula is C6H11NO5P-3. The van der Waals surface area contributed by atoms with Gasteiger partial charge in [-0.15, -0.1) is 0 Å². The molecule has 0 rings (SSSR count). The molecule has 1 atom stereocenters. The van der Waals surface area contributed by atoms with Gasteiger partial charge < -0.3 is 24.6 Å². The van der Waals surface area contributed by atoms with E-state index >= 15 is 0 Å². The molecule has 0 spiro atoms. The summed E-state index contributed by atoms with van der Waals surface area (Å²) in [6, 6.07) is 0. The minimum atomic E-state index is -4.62. The van der Waals surface area contributed by atoms with Crippen LogP contribution in [-0.2, 0) is 9.36 Å². The first-order chi connectivity index (χ1) is 5.75. The molecule has 0 aromatic carbocycles. The van der Waals surface area contributed by atoms with Crippen LogP contribution in [0.5, 0.6) is 0 Å². The van der Waals surface area contributed by atoms with Gasteiger partial charge in [0.05, 0.1) is 0 Å². The summed E-state index contributed by atoms with van der Waals surface area (Å²) in [6.45, 7) is 2.03. The molecule has 7 heteroatoms. The van der Waals surface area contributed by atoms with E-state index in [1.54, 1.807) is 0 Å². The Morgan fingerprint density at radius 3 is 2.31 bits per heavy atom. The largest absolute Gasteiger partial charge is 0.811 e. The molecule has 0 aromatic heterocycles. The van der Waals surface area contributed by atoms with Crippen molar-refractivity contribution in [3.05, 3.63) is 5.21 Å².